The molecule has 0 N–H and O–H groups in total. The Morgan fingerprint density at radius 2 is 1.25 bits per heavy atom. The fourth-order valence-corrected chi connectivity index (χ4v) is 5.78. The number of thiophene rings is 3. The quantitative estimate of drug-likeness (QED) is 0.456. The molecule has 4 aromatic rings. The van der Waals surface area contributed by atoms with Crippen molar-refractivity contribution in [1.29, 1.82) is 0 Å². The van der Waals surface area contributed by atoms with Crippen LogP contribution in [0.2, 0.25) is 0 Å². The van der Waals surface area contributed by atoms with E-state index in [4.69, 9.17) is 0 Å². The van der Waals surface area contributed by atoms with Crippen molar-refractivity contribution in [3.05, 3.63) is 59.6 Å². The van der Waals surface area contributed by atoms with Crippen molar-refractivity contribution < 1.29 is 0 Å². The zero-order valence-electron chi connectivity index (χ0n) is 12.8. The third-order valence-corrected chi connectivity index (χ3v) is 6.98. The first-order valence-corrected chi connectivity index (χ1v) is 9.57. The number of hydrogen-bond donors (Lipinski definition) is 0. The van der Waals surface area contributed by atoms with Crippen LogP contribution < -0.4 is 11.1 Å². The highest BCUT2D eigenvalue weighted by molar-refractivity contribution is 7.27. The first-order valence-electron chi connectivity index (χ1n) is 7.12. The van der Waals surface area contributed by atoms with Crippen LogP contribution in [0.5, 0.6) is 0 Å². The van der Waals surface area contributed by atoms with E-state index in [0.29, 0.717) is 15.8 Å². The van der Waals surface area contributed by atoms with Crippen molar-refractivity contribution in [2.45, 2.75) is 28.2 Å². The normalized spacial score (nSPS) is 11.1. The molecule has 6 heteroatoms. The van der Waals surface area contributed by atoms with Crippen LogP contribution in [0.3, 0.4) is 0 Å². The third-order valence-electron chi connectivity index (χ3n) is 3.73. The Morgan fingerprint density at radius 3 is 1.67 bits per heavy atom. The first-order chi connectivity index (χ1) is 11.0. The fraction of sp³-hybridized carbons (Fsp3) is 0.222. The topological polar surface area (TPSA) is 39.1 Å². The van der Waals surface area contributed by atoms with Crippen molar-refractivity contribution in [2.75, 3.05) is 0 Å². The molecule has 4 aromatic heterocycles. The molecule has 124 valence electrons. The second-order valence-corrected chi connectivity index (χ2v) is 9.31. The number of aryl methyl sites for hydroxylation is 3. The second kappa shape index (κ2) is 5.95. The summed E-state index contributed by atoms with van der Waals surface area (Å²) in [6.07, 6.45) is 0. The van der Waals surface area contributed by atoms with Gasteiger partial charge in [-0.2, -0.15) is 0 Å². The lowest BCUT2D eigenvalue weighted by Crippen LogP contribution is -2.27. The molecule has 24 heavy (non-hydrogen) atoms. The van der Waals surface area contributed by atoms with Gasteiger partial charge in [0.2, 0.25) is 0 Å². The van der Waals surface area contributed by atoms with Gasteiger partial charge in [-0.1, -0.05) is 7.43 Å². The minimum atomic E-state index is -0.225. The second-order valence-electron chi connectivity index (χ2n) is 5.53. The molecule has 0 fully saturated rings. The molecule has 0 bridgehead atoms. The van der Waals surface area contributed by atoms with Gasteiger partial charge in [-0.3, -0.25) is 9.59 Å². The molecule has 0 aliphatic rings. The molecule has 4 heterocycles. The monoisotopic (exact) mass is 375 g/mol. The predicted octanol–water partition coefficient (Wildman–Crippen LogP) is 5.25. The van der Waals surface area contributed by atoms with E-state index in [1.54, 1.807) is 22.7 Å². The van der Waals surface area contributed by atoms with E-state index in [-0.39, 0.29) is 18.5 Å². The van der Waals surface area contributed by atoms with Crippen LogP contribution in [0, 0.1) is 20.8 Å². The smallest absolute Gasteiger partial charge is 0.267 e. The van der Waals surface area contributed by atoms with E-state index in [0.717, 1.165) is 24.0 Å². The van der Waals surface area contributed by atoms with Gasteiger partial charge in [-0.15, -0.1) is 34.0 Å². The summed E-state index contributed by atoms with van der Waals surface area (Å²) in [7, 11) is 0. The average Bonchev–Trinajstić information content (AvgIpc) is 3.16. The highest BCUT2D eigenvalue weighted by Crippen LogP contribution is 2.33. The zero-order chi connectivity index (χ0) is 16.3. The molecule has 0 amide bonds. The number of nitrogens with zero attached hydrogens (tertiary/aromatic N) is 1. The van der Waals surface area contributed by atoms with Crippen molar-refractivity contribution in [3.8, 4) is 5.00 Å². The van der Waals surface area contributed by atoms with Gasteiger partial charge >= 0.3 is 0 Å². The molecule has 0 unspecified atom stereocenters. The van der Waals surface area contributed by atoms with Crippen molar-refractivity contribution >= 4 is 54.2 Å². The molecule has 0 spiro atoms. The largest absolute Gasteiger partial charge is 0.268 e. The standard InChI is InChI=1S/C17H13NO2S3.CH4/c1-8-4-5-13(21-8)18-16(19)11-6-9(2)22-14(11)15-12(17(18)20)7-10(3)23-15;/h4-7H,1-3H3;1H4. The van der Waals surface area contributed by atoms with Crippen LogP contribution in [-0.4, -0.2) is 4.57 Å². The highest BCUT2D eigenvalue weighted by Gasteiger charge is 2.16. The predicted molar refractivity (Wildman–Crippen MR) is 108 cm³/mol. The van der Waals surface area contributed by atoms with Gasteiger partial charge in [-0.05, 0) is 45.0 Å². The molecule has 0 saturated heterocycles. The van der Waals surface area contributed by atoms with E-state index >= 15 is 0 Å². The fourth-order valence-electron chi connectivity index (χ4n) is 2.76. The van der Waals surface area contributed by atoms with Gasteiger partial charge in [0.15, 0.2) is 0 Å². The molecule has 0 atom stereocenters. The summed E-state index contributed by atoms with van der Waals surface area (Å²) in [6.45, 7) is 5.96. The molecule has 0 aromatic carbocycles. The van der Waals surface area contributed by atoms with Gasteiger partial charge in [0.1, 0.15) is 5.00 Å². The summed E-state index contributed by atoms with van der Waals surface area (Å²) < 4.78 is 3.18. The van der Waals surface area contributed by atoms with Gasteiger partial charge in [0.05, 0.1) is 20.2 Å². The Labute approximate surface area is 151 Å². The third kappa shape index (κ3) is 2.46. The lowest BCUT2D eigenvalue weighted by molar-refractivity contribution is 0.999. The first kappa shape index (κ1) is 17.1. The molecule has 4 rings (SSSR count). The number of aromatic nitrogens is 1. The van der Waals surface area contributed by atoms with Crippen LogP contribution in [0.25, 0.3) is 25.2 Å². The molecule has 3 nitrogen and oxygen atoms in total. The van der Waals surface area contributed by atoms with Gasteiger partial charge < -0.3 is 0 Å². The minimum absolute atomic E-state index is 0. The molecular weight excluding hydrogens is 358 g/mol. The van der Waals surface area contributed by atoms with Crippen molar-refractivity contribution in [1.82, 2.24) is 4.57 Å². The lowest BCUT2D eigenvalue weighted by atomic mass is 10.3. The Morgan fingerprint density at radius 1 is 0.750 bits per heavy atom. The molecule has 0 aliphatic carbocycles. The Balaban J connectivity index is 0.00000169. The van der Waals surface area contributed by atoms with Crippen LogP contribution in [0.4, 0.5) is 0 Å². The summed E-state index contributed by atoms with van der Waals surface area (Å²) >= 11 is 4.63. The zero-order valence-corrected chi connectivity index (χ0v) is 15.2. The van der Waals surface area contributed by atoms with E-state index in [1.807, 2.05) is 45.0 Å². The average molecular weight is 376 g/mol. The van der Waals surface area contributed by atoms with Gasteiger partial charge in [0, 0.05) is 14.6 Å². The SMILES string of the molecule is C.Cc1ccc(-n2c(=O)c3cc(C)sc3c3sc(C)cc3c2=O)s1. The van der Waals surface area contributed by atoms with Crippen LogP contribution >= 0.6 is 34.0 Å². The summed E-state index contributed by atoms with van der Waals surface area (Å²) in [6, 6.07) is 7.57. The van der Waals surface area contributed by atoms with Gasteiger partial charge in [-0.25, -0.2) is 4.57 Å². The number of rotatable bonds is 1. The number of hydrogen-bond acceptors (Lipinski definition) is 5. The Bertz CT molecular complexity index is 1120. The maximum absolute atomic E-state index is 13.0. The summed E-state index contributed by atoms with van der Waals surface area (Å²) in [5.74, 6) is 0. The Kier molecular flexibility index (Phi) is 4.23. The highest BCUT2D eigenvalue weighted by atomic mass is 32.1. The van der Waals surface area contributed by atoms with E-state index < -0.39 is 0 Å². The summed E-state index contributed by atoms with van der Waals surface area (Å²) in [5, 5.41) is 1.95. The molecule has 0 saturated carbocycles. The van der Waals surface area contributed by atoms with E-state index in [9.17, 15) is 9.59 Å². The minimum Gasteiger partial charge on any atom is -0.268 e. The maximum atomic E-state index is 13.0. The van der Waals surface area contributed by atoms with Crippen molar-refractivity contribution in [2.24, 2.45) is 0 Å². The van der Waals surface area contributed by atoms with Crippen LogP contribution in [-0.2, 0) is 0 Å². The van der Waals surface area contributed by atoms with Crippen molar-refractivity contribution in [3.63, 3.8) is 0 Å². The lowest BCUT2D eigenvalue weighted by Gasteiger charge is -1.96. The van der Waals surface area contributed by atoms with Crippen LogP contribution in [0.15, 0.2) is 33.9 Å². The van der Waals surface area contributed by atoms with Gasteiger partial charge in [0.25, 0.3) is 11.1 Å². The number of fused-ring (bicyclic) bond motifs is 3. The maximum Gasteiger partial charge on any atom is 0.267 e. The Hall–Kier alpha value is -1.76. The molecular formula is C18H17NO2S3. The summed E-state index contributed by atoms with van der Waals surface area (Å²) in [5.41, 5.74) is -0.450. The molecule has 0 radical (unpaired) electrons. The molecule has 0 aliphatic heterocycles. The van der Waals surface area contributed by atoms with E-state index in [2.05, 4.69) is 0 Å². The van der Waals surface area contributed by atoms with Crippen LogP contribution in [0.1, 0.15) is 22.1 Å². The van der Waals surface area contributed by atoms with E-state index in [1.165, 1.54) is 15.9 Å². The summed E-state index contributed by atoms with van der Waals surface area (Å²) in [4.78, 5) is 29.3.